The lowest BCUT2D eigenvalue weighted by molar-refractivity contribution is 0.278. The van der Waals surface area contributed by atoms with Crippen molar-refractivity contribution in [1.29, 1.82) is 0 Å². The highest BCUT2D eigenvalue weighted by molar-refractivity contribution is 8.00. The predicted octanol–water partition coefficient (Wildman–Crippen LogP) is 2.78. The molecule has 0 amide bonds. The Morgan fingerprint density at radius 2 is 2.26 bits per heavy atom. The van der Waals surface area contributed by atoms with Crippen LogP contribution < -0.4 is 5.73 Å². The summed E-state index contributed by atoms with van der Waals surface area (Å²) < 4.78 is 0.433. The van der Waals surface area contributed by atoms with E-state index < -0.39 is 0 Å². The Morgan fingerprint density at radius 3 is 3.05 bits per heavy atom. The molecule has 0 bridgehead atoms. The van der Waals surface area contributed by atoms with Gasteiger partial charge in [0.15, 0.2) is 0 Å². The van der Waals surface area contributed by atoms with E-state index in [1.165, 1.54) is 30.1 Å². The second-order valence-corrected chi connectivity index (χ2v) is 8.24. The molecule has 1 aliphatic rings. The number of rotatable bonds is 2. The molecule has 0 saturated carbocycles. The SMILES string of the molecule is CC1(C)CCN(Cc2cc(C#CCN)cs2)CCS1. The van der Waals surface area contributed by atoms with E-state index in [4.69, 9.17) is 5.73 Å². The summed E-state index contributed by atoms with van der Waals surface area (Å²) in [5.41, 5.74) is 6.50. The van der Waals surface area contributed by atoms with Gasteiger partial charge in [-0.25, -0.2) is 0 Å². The van der Waals surface area contributed by atoms with E-state index in [2.05, 4.69) is 53.8 Å². The summed E-state index contributed by atoms with van der Waals surface area (Å²) in [6.07, 6.45) is 1.27. The van der Waals surface area contributed by atoms with Gasteiger partial charge in [-0.2, -0.15) is 11.8 Å². The lowest BCUT2D eigenvalue weighted by atomic mass is 10.1. The standard InChI is InChI=1S/C15H22N2S2/c1-15(2)5-7-17(8-9-19-15)11-14-10-13(12-18-14)4-3-6-16/h10,12H,5-9,11,16H2,1-2H3. The Kier molecular flexibility index (Phi) is 5.35. The van der Waals surface area contributed by atoms with Gasteiger partial charge in [-0.05, 0) is 19.0 Å². The molecule has 1 aliphatic heterocycles. The molecule has 104 valence electrons. The first-order valence-corrected chi connectivity index (χ1v) is 8.58. The average Bonchev–Trinajstić information content (AvgIpc) is 2.73. The molecule has 19 heavy (non-hydrogen) atoms. The molecule has 2 heterocycles. The van der Waals surface area contributed by atoms with Crippen molar-refractivity contribution in [2.24, 2.45) is 5.73 Å². The van der Waals surface area contributed by atoms with Gasteiger partial charge in [-0.3, -0.25) is 4.90 Å². The monoisotopic (exact) mass is 294 g/mol. The number of nitrogens with two attached hydrogens (primary N) is 1. The van der Waals surface area contributed by atoms with Crippen molar-refractivity contribution < 1.29 is 0 Å². The van der Waals surface area contributed by atoms with Crippen molar-refractivity contribution in [1.82, 2.24) is 4.90 Å². The molecular weight excluding hydrogens is 272 g/mol. The molecule has 0 unspecified atom stereocenters. The van der Waals surface area contributed by atoms with Gasteiger partial charge in [-0.15, -0.1) is 11.3 Å². The summed E-state index contributed by atoms with van der Waals surface area (Å²) >= 11 is 3.91. The molecule has 2 rings (SSSR count). The minimum atomic E-state index is 0.433. The summed E-state index contributed by atoms with van der Waals surface area (Å²) in [6, 6.07) is 2.20. The van der Waals surface area contributed by atoms with Gasteiger partial charge < -0.3 is 5.73 Å². The van der Waals surface area contributed by atoms with Crippen LogP contribution in [0.25, 0.3) is 0 Å². The Labute approximate surface area is 124 Å². The highest BCUT2D eigenvalue weighted by Gasteiger charge is 2.23. The maximum atomic E-state index is 5.39. The fourth-order valence-corrected chi connectivity index (χ4v) is 4.12. The van der Waals surface area contributed by atoms with Crippen LogP contribution in [0.4, 0.5) is 0 Å². The highest BCUT2D eigenvalue weighted by Crippen LogP contribution is 2.31. The molecule has 0 aliphatic carbocycles. The molecule has 1 saturated heterocycles. The quantitative estimate of drug-likeness (QED) is 0.851. The molecule has 1 aromatic rings. The number of hydrogen-bond donors (Lipinski definition) is 1. The second kappa shape index (κ2) is 6.81. The zero-order valence-corrected chi connectivity index (χ0v) is 13.4. The van der Waals surface area contributed by atoms with Crippen LogP contribution in [0.5, 0.6) is 0 Å². The summed E-state index contributed by atoms with van der Waals surface area (Å²) in [7, 11) is 0. The zero-order chi connectivity index (χ0) is 13.7. The number of hydrogen-bond acceptors (Lipinski definition) is 4. The number of nitrogens with zero attached hydrogens (tertiary/aromatic N) is 1. The summed E-state index contributed by atoms with van der Waals surface area (Å²) in [6.45, 7) is 8.59. The van der Waals surface area contributed by atoms with E-state index in [9.17, 15) is 0 Å². The van der Waals surface area contributed by atoms with Crippen molar-refractivity contribution in [2.45, 2.75) is 31.6 Å². The topological polar surface area (TPSA) is 29.3 Å². The Hall–Kier alpha value is -0.470. The minimum Gasteiger partial charge on any atom is -0.320 e. The maximum absolute atomic E-state index is 5.39. The molecule has 0 atom stereocenters. The third kappa shape index (κ3) is 4.85. The van der Waals surface area contributed by atoms with E-state index in [0.717, 1.165) is 12.1 Å². The molecule has 0 radical (unpaired) electrons. The van der Waals surface area contributed by atoms with Crippen molar-refractivity contribution >= 4 is 23.1 Å². The fourth-order valence-electron chi connectivity index (χ4n) is 2.12. The van der Waals surface area contributed by atoms with Crippen molar-refractivity contribution in [3.63, 3.8) is 0 Å². The Bertz CT molecular complexity index is 468. The van der Waals surface area contributed by atoms with Gasteiger partial charge in [-0.1, -0.05) is 25.7 Å². The van der Waals surface area contributed by atoms with Gasteiger partial charge in [0.1, 0.15) is 0 Å². The van der Waals surface area contributed by atoms with Crippen molar-refractivity contribution in [3.05, 3.63) is 21.9 Å². The molecule has 2 N–H and O–H groups in total. The first kappa shape index (κ1) is 14.9. The first-order valence-electron chi connectivity index (χ1n) is 6.72. The van der Waals surface area contributed by atoms with E-state index >= 15 is 0 Å². The van der Waals surface area contributed by atoms with Gasteiger partial charge in [0.2, 0.25) is 0 Å². The third-order valence-corrected chi connectivity index (χ3v) is 5.59. The first-order chi connectivity index (χ1) is 9.09. The van der Waals surface area contributed by atoms with E-state index in [1.54, 1.807) is 0 Å². The second-order valence-electron chi connectivity index (χ2n) is 5.44. The van der Waals surface area contributed by atoms with E-state index in [0.29, 0.717) is 11.3 Å². The minimum absolute atomic E-state index is 0.433. The van der Waals surface area contributed by atoms with Crippen LogP contribution in [-0.4, -0.2) is 35.0 Å². The predicted molar refractivity (Wildman–Crippen MR) is 86.7 cm³/mol. The van der Waals surface area contributed by atoms with Crippen LogP contribution in [0.3, 0.4) is 0 Å². The maximum Gasteiger partial charge on any atom is 0.0555 e. The largest absolute Gasteiger partial charge is 0.320 e. The Balaban J connectivity index is 1.92. The molecule has 4 heteroatoms. The summed E-state index contributed by atoms with van der Waals surface area (Å²) in [5, 5.41) is 2.13. The molecule has 1 fully saturated rings. The average molecular weight is 294 g/mol. The van der Waals surface area contributed by atoms with Crippen molar-refractivity contribution in [3.8, 4) is 11.8 Å². The van der Waals surface area contributed by atoms with Crippen LogP contribution in [0.2, 0.25) is 0 Å². The molecule has 1 aromatic heterocycles. The van der Waals surface area contributed by atoms with Crippen molar-refractivity contribution in [2.75, 3.05) is 25.4 Å². The molecule has 0 spiro atoms. The van der Waals surface area contributed by atoms with Gasteiger partial charge in [0.25, 0.3) is 0 Å². The normalized spacial score (nSPS) is 19.5. The smallest absolute Gasteiger partial charge is 0.0555 e. The highest BCUT2D eigenvalue weighted by atomic mass is 32.2. The third-order valence-electron chi connectivity index (χ3n) is 3.30. The number of thioether (sulfide) groups is 1. The van der Waals surface area contributed by atoms with Gasteiger partial charge >= 0.3 is 0 Å². The summed E-state index contributed by atoms with van der Waals surface area (Å²) in [4.78, 5) is 3.97. The summed E-state index contributed by atoms with van der Waals surface area (Å²) in [5.74, 6) is 7.24. The fraction of sp³-hybridized carbons (Fsp3) is 0.600. The van der Waals surface area contributed by atoms with Crippen LogP contribution in [0.15, 0.2) is 11.4 Å². The lowest BCUT2D eigenvalue weighted by Gasteiger charge is -2.22. The van der Waals surface area contributed by atoms with Crippen LogP contribution in [0.1, 0.15) is 30.7 Å². The van der Waals surface area contributed by atoms with E-state index in [1.807, 2.05) is 11.3 Å². The van der Waals surface area contributed by atoms with Crippen LogP contribution >= 0.6 is 23.1 Å². The molecule has 0 aromatic carbocycles. The van der Waals surface area contributed by atoms with Gasteiger partial charge in [0.05, 0.1) is 6.54 Å². The zero-order valence-electron chi connectivity index (χ0n) is 11.7. The van der Waals surface area contributed by atoms with Gasteiger partial charge in [0, 0.05) is 39.4 Å². The van der Waals surface area contributed by atoms with Crippen LogP contribution in [0, 0.1) is 11.8 Å². The molecular formula is C15H22N2S2. The Morgan fingerprint density at radius 1 is 1.42 bits per heavy atom. The van der Waals surface area contributed by atoms with Crippen LogP contribution in [-0.2, 0) is 6.54 Å². The number of thiophene rings is 1. The molecule has 2 nitrogen and oxygen atoms in total. The van der Waals surface area contributed by atoms with E-state index in [-0.39, 0.29) is 0 Å². The lowest BCUT2D eigenvalue weighted by Crippen LogP contribution is -2.26.